The lowest BCUT2D eigenvalue weighted by atomic mass is 10.1. The molecular weight excluding hydrogens is 336 g/mol. The molecule has 128 valence electrons. The number of hydrogen-bond acceptors (Lipinski definition) is 3. The van der Waals surface area contributed by atoms with Crippen molar-refractivity contribution in [2.45, 2.75) is 26.8 Å². The van der Waals surface area contributed by atoms with Crippen molar-refractivity contribution in [3.05, 3.63) is 76.2 Å². The van der Waals surface area contributed by atoms with E-state index in [0.717, 1.165) is 17.0 Å². The minimum atomic E-state index is -0.315. The van der Waals surface area contributed by atoms with Crippen molar-refractivity contribution in [1.82, 2.24) is 20.1 Å². The molecule has 3 rings (SSSR count). The van der Waals surface area contributed by atoms with Crippen LogP contribution in [0.5, 0.6) is 0 Å². The van der Waals surface area contributed by atoms with Gasteiger partial charge in [0.1, 0.15) is 5.69 Å². The van der Waals surface area contributed by atoms with Gasteiger partial charge in [-0.05, 0) is 44.5 Å². The third kappa shape index (κ3) is 3.72. The number of hydrogen-bond donors (Lipinski definition) is 1. The Morgan fingerprint density at radius 3 is 2.52 bits per heavy atom. The molecule has 0 fully saturated rings. The van der Waals surface area contributed by atoms with Crippen LogP contribution in [0, 0.1) is 13.8 Å². The Labute approximate surface area is 151 Å². The number of benzene rings is 1. The summed E-state index contributed by atoms with van der Waals surface area (Å²) in [6, 6.07) is 15.0. The molecule has 1 unspecified atom stereocenters. The van der Waals surface area contributed by atoms with Crippen LogP contribution in [0.2, 0.25) is 5.02 Å². The van der Waals surface area contributed by atoms with Gasteiger partial charge in [0.15, 0.2) is 5.82 Å². The molecule has 3 aromatic rings. The second-order valence-corrected chi connectivity index (χ2v) is 6.35. The van der Waals surface area contributed by atoms with Crippen LogP contribution in [0.1, 0.15) is 40.4 Å². The molecule has 0 spiro atoms. The maximum absolute atomic E-state index is 12.6. The molecule has 0 aliphatic carbocycles. The molecule has 2 heterocycles. The lowest BCUT2D eigenvalue weighted by molar-refractivity contribution is 0.0935. The summed E-state index contributed by atoms with van der Waals surface area (Å²) in [5, 5.41) is 7.64. The van der Waals surface area contributed by atoms with Gasteiger partial charge in [-0.25, -0.2) is 9.67 Å². The van der Waals surface area contributed by atoms with E-state index < -0.39 is 0 Å². The van der Waals surface area contributed by atoms with E-state index in [4.69, 9.17) is 11.6 Å². The van der Waals surface area contributed by atoms with Crippen LogP contribution >= 0.6 is 11.6 Å². The number of aryl methyl sites for hydroxylation is 2. The summed E-state index contributed by atoms with van der Waals surface area (Å²) in [4.78, 5) is 17.1. The molecule has 0 aliphatic rings. The second kappa shape index (κ2) is 7.07. The maximum Gasteiger partial charge on any atom is 0.271 e. The van der Waals surface area contributed by atoms with E-state index in [1.807, 2.05) is 57.2 Å². The summed E-state index contributed by atoms with van der Waals surface area (Å²) in [6.07, 6.45) is 0. The maximum atomic E-state index is 12.6. The predicted octanol–water partition coefficient (Wildman–Crippen LogP) is 4.03. The lowest BCUT2D eigenvalue weighted by Crippen LogP contribution is -2.28. The van der Waals surface area contributed by atoms with Crippen molar-refractivity contribution in [2.24, 2.45) is 0 Å². The number of nitrogens with one attached hydrogen (secondary N) is 1. The SMILES string of the molecule is Cc1cc(C)n(-c2ccc(Cl)c(C(=O)NC(C)c3ccccc3)n2)n1. The molecule has 0 saturated heterocycles. The van der Waals surface area contributed by atoms with Crippen LogP contribution in [-0.4, -0.2) is 20.7 Å². The largest absolute Gasteiger partial charge is 0.344 e. The number of rotatable bonds is 4. The fourth-order valence-corrected chi connectivity index (χ4v) is 2.85. The average Bonchev–Trinajstić information content (AvgIpc) is 2.94. The fourth-order valence-electron chi connectivity index (χ4n) is 2.66. The number of halogens is 1. The smallest absolute Gasteiger partial charge is 0.271 e. The number of amides is 1. The van der Waals surface area contributed by atoms with Crippen LogP contribution in [-0.2, 0) is 0 Å². The van der Waals surface area contributed by atoms with Crippen molar-refractivity contribution in [3.63, 3.8) is 0 Å². The Balaban J connectivity index is 1.87. The van der Waals surface area contributed by atoms with Gasteiger partial charge in [0, 0.05) is 5.69 Å². The molecular formula is C19H19ClN4O. The minimum Gasteiger partial charge on any atom is -0.344 e. The Morgan fingerprint density at radius 2 is 1.88 bits per heavy atom. The molecule has 0 saturated carbocycles. The number of pyridine rings is 1. The first-order valence-corrected chi connectivity index (χ1v) is 8.39. The highest BCUT2D eigenvalue weighted by Crippen LogP contribution is 2.19. The Kier molecular flexibility index (Phi) is 4.86. The van der Waals surface area contributed by atoms with E-state index in [1.54, 1.807) is 16.8 Å². The highest BCUT2D eigenvalue weighted by Gasteiger charge is 2.17. The number of carbonyl (C=O) groups excluding carboxylic acids is 1. The number of nitrogens with zero attached hydrogens (tertiary/aromatic N) is 3. The standard InChI is InChI=1S/C19H19ClN4O/c1-12-11-13(2)24(23-12)17-10-9-16(20)18(22-17)19(25)21-14(3)15-7-5-4-6-8-15/h4-11,14H,1-3H3,(H,21,25). The Hall–Kier alpha value is -2.66. The van der Waals surface area contributed by atoms with Gasteiger partial charge in [-0.3, -0.25) is 4.79 Å². The molecule has 0 radical (unpaired) electrons. The van der Waals surface area contributed by atoms with Gasteiger partial charge in [-0.1, -0.05) is 41.9 Å². The monoisotopic (exact) mass is 354 g/mol. The van der Waals surface area contributed by atoms with Crippen molar-refractivity contribution in [1.29, 1.82) is 0 Å². The van der Waals surface area contributed by atoms with Crippen LogP contribution in [0.25, 0.3) is 5.82 Å². The van der Waals surface area contributed by atoms with E-state index in [1.165, 1.54) is 0 Å². The normalized spacial score (nSPS) is 12.0. The van der Waals surface area contributed by atoms with Gasteiger partial charge < -0.3 is 5.32 Å². The van der Waals surface area contributed by atoms with Crippen molar-refractivity contribution >= 4 is 17.5 Å². The van der Waals surface area contributed by atoms with Crippen LogP contribution in [0.4, 0.5) is 0 Å². The third-order valence-electron chi connectivity index (χ3n) is 3.92. The van der Waals surface area contributed by atoms with Gasteiger partial charge in [0.25, 0.3) is 5.91 Å². The lowest BCUT2D eigenvalue weighted by Gasteiger charge is -2.15. The van der Waals surface area contributed by atoms with Gasteiger partial charge in [-0.2, -0.15) is 5.10 Å². The van der Waals surface area contributed by atoms with Gasteiger partial charge in [0.05, 0.1) is 16.8 Å². The molecule has 2 aromatic heterocycles. The van der Waals surface area contributed by atoms with Crippen molar-refractivity contribution in [3.8, 4) is 5.82 Å². The van der Waals surface area contributed by atoms with Crippen LogP contribution in [0.3, 0.4) is 0 Å². The third-order valence-corrected chi connectivity index (χ3v) is 4.23. The summed E-state index contributed by atoms with van der Waals surface area (Å²) >= 11 is 6.20. The number of aromatic nitrogens is 3. The fraction of sp³-hybridized carbons (Fsp3) is 0.211. The zero-order valence-corrected chi connectivity index (χ0v) is 15.1. The highest BCUT2D eigenvalue weighted by molar-refractivity contribution is 6.33. The number of carbonyl (C=O) groups is 1. The van der Waals surface area contributed by atoms with E-state index in [2.05, 4.69) is 15.4 Å². The molecule has 1 amide bonds. The zero-order chi connectivity index (χ0) is 18.0. The summed E-state index contributed by atoms with van der Waals surface area (Å²) in [5.74, 6) is 0.247. The van der Waals surface area contributed by atoms with E-state index in [0.29, 0.717) is 10.8 Å². The van der Waals surface area contributed by atoms with Crippen molar-refractivity contribution < 1.29 is 4.79 Å². The summed E-state index contributed by atoms with van der Waals surface area (Å²) < 4.78 is 1.70. The van der Waals surface area contributed by atoms with E-state index in [-0.39, 0.29) is 17.6 Å². The average molecular weight is 355 g/mol. The molecule has 6 heteroatoms. The van der Waals surface area contributed by atoms with Gasteiger partial charge in [0.2, 0.25) is 0 Å². The second-order valence-electron chi connectivity index (χ2n) is 5.94. The zero-order valence-electron chi connectivity index (χ0n) is 14.3. The van der Waals surface area contributed by atoms with Crippen LogP contribution in [0.15, 0.2) is 48.5 Å². The van der Waals surface area contributed by atoms with E-state index in [9.17, 15) is 4.79 Å². The molecule has 0 aliphatic heterocycles. The molecule has 25 heavy (non-hydrogen) atoms. The summed E-state index contributed by atoms with van der Waals surface area (Å²) in [5.41, 5.74) is 3.03. The van der Waals surface area contributed by atoms with Gasteiger partial charge in [-0.15, -0.1) is 0 Å². The minimum absolute atomic E-state index is 0.149. The highest BCUT2D eigenvalue weighted by atomic mass is 35.5. The summed E-state index contributed by atoms with van der Waals surface area (Å²) in [6.45, 7) is 5.77. The predicted molar refractivity (Wildman–Crippen MR) is 98.2 cm³/mol. The quantitative estimate of drug-likeness (QED) is 0.769. The van der Waals surface area contributed by atoms with Gasteiger partial charge >= 0.3 is 0 Å². The topological polar surface area (TPSA) is 59.8 Å². The molecule has 1 aromatic carbocycles. The molecule has 5 nitrogen and oxygen atoms in total. The first kappa shape index (κ1) is 17.2. The Bertz CT molecular complexity index is 905. The summed E-state index contributed by atoms with van der Waals surface area (Å²) in [7, 11) is 0. The molecule has 1 atom stereocenters. The van der Waals surface area contributed by atoms with E-state index >= 15 is 0 Å². The molecule has 1 N–H and O–H groups in total. The first-order chi connectivity index (χ1) is 12.0. The molecule has 0 bridgehead atoms. The Morgan fingerprint density at radius 1 is 1.16 bits per heavy atom. The first-order valence-electron chi connectivity index (χ1n) is 8.01. The van der Waals surface area contributed by atoms with Crippen LogP contribution < -0.4 is 5.32 Å². The van der Waals surface area contributed by atoms with Crippen molar-refractivity contribution in [2.75, 3.05) is 0 Å².